The van der Waals surface area contributed by atoms with E-state index in [1.54, 1.807) is 0 Å². The van der Waals surface area contributed by atoms with Gasteiger partial charge in [-0.3, -0.25) is 4.79 Å². The molecule has 1 aromatic carbocycles. The van der Waals surface area contributed by atoms with Crippen LogP contribution >= 0.6 is 15.9 Å². The summed E-state index contributed by atoms with van der Waals surface area (Å²) in [6.07, 6.45) is 4.77. The highest BCUT2D eigenvalue weighted by Gasteiger charge is 2.12. The molecule has 3 heteroatoms. The highest BCUT2D eigenvalue weighted by atomic mass is 79.9. The van der Waals surface area contributed by atoms with E-state index in [0.717, 1.165) is 28.6 Å². The lowest BCUT2D eigenvalue weighted by Gasteiger charge is -2.15. The molecule has 19 heavy (non-hydrogen) atoms. The van der Waals surface area contributed by atoms with E-state index >= 15 is 0 Å². The lowest BCUT2D eigenvalue weighted by molar-refractivity contribution is 0.0945. The number of hydrogen-bond acceptors (Lipinski definition) is 1. The van der Waals surface area contributed by atoms with Gasteiger partial charge in [0.2, 0.25) is 0 Å². The molecule has 0 aliphatic rings. The van der Waals surface area contributed by atoms with Crippen molar-refractivity contribution in [3.63, 3.8) is 0 Å². The first-order valence-electron chi connectivity index (χ1n) is 7.12. The smallest absolute Gasteiger partial charge is 0.252 e. The molecule has 106 valence electrons. The first-order chi connectivity index (χ1) is 9.08. The number of rotatable bonds is 7. The Labute approximate surface area is 125 Å². The van der Waals surface area contributed by atoms with Gasteiger partial charge in [0.05, 0.1) is 5.56 Å². The topological polar surface area (TPSA) is 29.1 Å². The Morgan fingerprint density at radius 2 is 2.11 bits per heavy atom. The lowest BCUT2D eigenvalue weighted by Crippen LogP contribution is -2.29. The van der Waals surface area contributed by atoms with Gasteiger partial charge in [0, 0.05) is 11.0 Å². The van der Waals surface area contributed by atoms with E-state index in [4.69, 9.17) is 0 Å². The Balaban J connectivity index is 2.54. The average Bonchev–Trinajstić information content (AvgIpc) is 2.38. The molecule has 0 aliphatic heterocycles. The molecule has 1 amide bonds. The Morgan fingerprint density at radius 3 is 2.68 bits per heavy atom. The number of aryl methyl sites for hydroxylation is 1. The van der Waals surface area contributed by atoms with Crippen LogP contribution in [0.15, 0.2) is 22.7 Å². The number of amides is 1. The normalized spacial score (nSPS) is 12.2. The minimum absolute atomic E-state index is 0.0156. The zero-order chi connectivity index (χ0) is 14.3. The maximum absolute atomic E-state index is 12.1. The van der Waals surface area contributed by atoms with Gasteiger partial charge < -0.3 is 5.32 Å². The number of benzene rings is 1. The van der Waals surface area contributed by atoms with Crippen LogP contribution in [0.25, 0.3) is 0 Å². The fourth-order valence-electron chi connectivity index (χ4n) is 2.08. The van der Waals surface area contributed by atoms with Crippen LogP contribution in [0.5, 0.6) is 0 Å². The first kappa shape index (κ1) is 16.2. The van der Waals surface area contributed by atoms with Crippen molar-refractivity contribution in [1.82, 2.24) is 5.32 Å². The number of nitrogens with one attached hydrogen (secondary N) is 1. The molecule has 0 saturated carbocycles. The highest BCUT2D eigenvalue weighted by molar-refractivity contribution is 9.10. The van der Waals surface area contributed by atoms with Gasteiger partial charge in [0.1, 0.15) is 0 Å². The van der Waals surface area contributed by atoms with Crippen molar-refractivity contribution in [2.45, 2.75) is 46.5 Å². The van der Waals surface area contributed by atoms with Crippen molar-refractivity contribution in [3.05, 3.63) is 33.8 Å². The largest absolute Gasteiger partial charge is 0.352 e. The Bertz CT molecular complexity index is 417. The number of carbonyl (C=O) groups is 1. The molecule has 1 atom stereocenters. The molecule has 0 bridgehead atoms. The van der Waals surface area contributed by atoms with Gasteiger partial charge in [0.15, 0.2) is 0 Å². The van der Waals surface area contributed by atoms with Crippen molar-refractivity contribution in [2.75, 3.05) is 6.54 Å². The molecule has 0 heterocycles. The zero-order valence-corrected chi connectivity index (χ0v) is 13.7. The summed E-state index contributed by atoms with van der Waals surface area (Å²) in [5.41, 5.74) is 1.87. The van der Waals surface area contributed by atoms with Gasteiger partial charge in [-0.05, 0) is 52.9 Å². The third kappa shape index (κ3) is 5.35. The van der Waals surface area contributed by atoms with Crippen molar-refractivity contribution in [1.29, 1.82) is 0 Å². The van der Waals surface area contributed by atoms with E-state index in [0.29, 0.717) is 5.92 Å². The standard InChI is InChI=1S/C16H24BrNO/c1-4-6-7-13(5-2)11-18-16(19)14-9-8-12(3)10-15(14)17/h8-10,13H,4-7,11H2,1-3H3,(H,18,19). The molecule has 1 unspecified atom stereocenters. The maximum Gasteiger partial charge on any atom is 0.252 e. The SMILES string of the molecule is CCCCC(CC)CNC(=O)c1ccc(C)cc1Br. The summed E-state index contributed by atoms with van der Waals surface area (Å²) >= 11 is 3.45. The third-order valence-electron chi connectivity index (χ3n) is 3.46. The van der Waals surface area contributed by atoms with Crippen molar-refractivity contribution in [3.8, 4) is 0 Å². The summed E-state index contributed by atoms with van der Waals surface area (Å²) in [7, 11) is 0. The monoisotopic (exact) mass is 325 g/mol. The minimum Gasteiger partial charge on any atom is -0.352 e. The Hall–Kier alpha value is -0.830. The fourth-order valence-corrected chi connectivity index (χ4v) is 2.75. The molecule has 0 radical (unpaired) electrons. The molecule has 0 spiro atoms. The van der Waals surface area contributed by atoms with Crippen LogP contribution in [0.3, 0.4) is 0 Å². The van der Waals surface area contributed by atoms with Gasteiger partial charge in [0.25, 0.3) is 5.91 Å². The Kier molecular flexibility index (Phi) is 7.14. The zero-order valence-electron chi connectivity index (χ0n) is 12.1. The molecule has 1 aromatic rings. The fraction of sp³-hybridized carbons (Fsp3) is 0.562. The summed E-state index contributed by atoms with van der Waals surface area (Å²) in [6.45, 7) is 7.18. The molecular weight excluding hydrogens is 302 g/mol. The van der Waals surface area contributed by atoms with E-state index in [1.807, 2.05) is 25.1 Å². The third-order valence-corrected chi connectivity index (χ3v) is 4.12. The van der Waals surface area contributed by atoms with Crippen molar-refractivity contribution in [2.24, 2.45) is 5.92 Å². The van der Waals surface area contributed by atoms with Crippen LogP contribution in [-0.4, -0.2) is 12.5 Å². The first-order valence-corrected chi connectivity index (χ1v) is 7.92. The second kappa shape index (κ2) is 8.36. The highest BCUT2D eigenvalue weighted by Crippen LogP contribution is 2.18. The number of hydrogen-bond donors (Lipinski definition) is 1. The lowest BCUT2D eigenvalue weighted by atomic mass is 9.99. The van der Waals surface area contributed by atoms with E-state index in [1.165, 1.54) is 19.3 Å². The van der Waals surface area contributed by atoms with Gasteiger partial charge in [-0.1, -0.05) is 39.2 Å². The molecule has 2 nitrogen and oxygen atoms in total. The van der Waals surface area contributed by atoms with E-state index < -0.39 is 0 Å². The maximum atomic E-state index is 12.1. The summed E-state index contributed by atoms with van der Waals surface area (Å²) in [5, 5.41) is 3.05. The number of halogens is 1. The minimum atomic E-state index is 0.0156. The van der Waals surface area contributed by atoms with Crippen LogP contribution in [-0.2, 0) is 0 Å². The summed E-state index contributed by atoms with van der Waals surface area (Å²) in [5.74, 6) is 0.606. The molecule has 0 aliphatic carbocycles. The quantitative estimate of drug-likeness (QED) is 0.773. The number of carbonyl (C=O) groups excluding carboxylic acids is 1. The number of unbranched alkanes of at least 4 members (excludes halogenated alkanes) is 1. The molecule has 0 aromatic heterocycles. The van der Waals surface area contributed by atoms with E-state index in [9.17, 15) is 4.79 Å². The van der Waals surface area contributed by atoms with Crippen molar-refractivity contribution < 1.29 is 4.79 Å². The predicted molar refractivity (Wildman–Crippen MR) is 84.5 cm³/mol. The second-order valence-electron chi connectivity index (χ2n) is 5.11. The van der Waals surface area contributed by atoms with Gasteiger partial charge in [-0.2, -0.15) is 0 Å². The van der Waals surface area contributed by atoms with Gasteiger partial charge >= 0.3 is 0 Å². The summed E-state index contributed by atoms with van der Waals surface area (Å²) < 4.78 is 0.867. The van der Waals surface area contributed by atoms with Gasteiger partial charge in [-0.15, -0.1) is 0 Å². The second-order valence-corrected chi connectivity index (χ2v) is 5.96. The van der Waals surface area contributed by atoms with Crippen LogP contribution in [0, 0.1) is 12.8 Å². The van der Waals surface area contributed by atoms with E-state index in [2.05, 4.69) is 35.1 Å². The Morgan fingerprint density at radius 1 is 1.37 bits per heavy atom. The molecule has 0 saturated heterocycles. The summed E-state index contributed by atoms with van der Waals surface area (Å²) in [6, 6.07) is 5.82. The van der Waals surface area contributed by atoms with E-state index in [-0.39, 0.29) is 5.91 Å². The van der Waals surface area contributed by atoms with Crippen LogP contribution in [0.1, 0.15) is 55.5 Å². The van der Waals surface area contributed by atoms with Gasteiger partial charge in [-0.25, -0.2) is 0 Å². The average molecular weight is 326 g/mol. The van der Waals surface area contributed by atoms with Crippen LogP contribution < -0.4 is 5.32 Å². The molecule has 1 rings (SSSR count). The molecular formula is C16H24BrNO. The van der Waals surface area contributed by atoms with Crippen molar-refractivity contribution >= 4 is 21.8 Å². The predicted octanol–water partition coefficient (Wildman–Crippen LogP) is 4.70. The van der Waals surface area contributed by atoms with Crippen LogP contribution in [0.4, 0.5) is 0 Å². The van der Waals surface area contributed by atoms with Crippen LogP contribution in [0.2, 0.25) is 0 Å². The molecule has 1 N–H and O–H groups in total. The summed E-state index contributed by atoms with van der Waals surface area (Å²) in [4.78, 5) is 12.1. The molecule has 0 fully saturated rings.